The van der Waals surface area contributed by atoms with Crippen molar-refractivity contribution in [3.8, 4) is 0 Å². The molecule has 1 aromatic rings. The third-order valence-electron chi connectivity index (χ3n) is 2.84. The van der Waals surface area contributed by atoms with E-state index in [0.29, 0.717) is 5.69 Å². The van der Waals surface area contributed by atoms with Crippen molar-refractivity contribution in [3.05, 3.63) is 17.5 Å². The van der Waals surface area contributed by atoms with Crippen LogP contribution in [0.2, 0.25) is 0 Å². The summed E-state index contributed by atoms with van der Waals surface area (Å²) >= 11 is 0. The van der Waals surface area contributed by atoms with Crippen LogP contribution < -0.4 is 0 Å². The van der Waals surface area contributed by atoms with E-state index in [0.717, 1.165) is 25.1 Å². The van der Waals surface area contributed by atoms with Crippen molar-refractivity contribution < 1.29 is 9.90 Å². The molecule has 4 heteroatoms. The topological polar surface area (TPSA) is 55.1 Å². The molecule has 90 valence electrons. The molecule has 1 heterocycles. The highest BCUT2D eigenvalue weighted by atomic mass is 16.4. The lowest BCUT2D eigenvalue weighted by molar-refractivity contribution is -0.142. The van der Waals surface area contributed by atoms with Gasteiger partial charge in [0.2, 0.25) is 0 Å². The molecule has 0 aliphatic rings. The summed E-state index contributed by atoms with van der Waals surface area (Å²) in [5, 5.41) is 13.5. The first kappa shape index (κ1) is 12.7. The fraction of sp³-hybridized carbons (Fsp3) is 0.667. The number of nitrogens with zero attached hydrogens (tertiary/aromatic N) is 2. The molecule has 0 atom stereocenters. The number of carboxylic acid groups (broad SMARTS) is 1. The van der Waals surface area contributed by atoms with Crippen molar-refractivity contribution in [2.45, 2.75) is 52.5 Å². The maximum atomic E-state index is 11.1. The van der Waals surface area contributed by atoms with E-state index in [2.05, 4.69) is 12.0 Å². The molecular weight excluding hydrogens is 204 g/mol. The first-order valence-corrected chi connectivity index (χ1v) is 5.74. The zero-order valence-electron chi connectivity index (χ0n) is 10.4. The third-order valence-corrected chi connectivity index (χ3v) is 2.84. The third kappa shape index (κ3) is 2.26. The van der Waals surface area contributed by atoms with E-state index in [1.165, 1.54) is 0 Å². The fourth-order valence-corrected chi connectivity index (χ4v) is 1.60. The minimum atomic E-state index is -0.914. The molecular formula is C12H20N2O2. The molecule has 0 radical (unpaired) electrons. The van der Waals surface area contributed by atoms with Crippen molar-refractivity contribution in [2.75, 3.05) is 0 Å². The molecule has 1 rings (SSSR count). The van der Waals surface area contributed by atoms with Gasteiger partial charge in [0, 0.05) is 12.2 Å². The van der Waals surface area contributed by atoms with E-state index in [4.69, 9.17) is 5.11 Å². The van der Waals surface area contributed by atoms with Gasteiger partial charge in [-0.1, -0.05) is 13.3 Å². The highest BCUT2D eigenvalue weighted by molar-refractivity contribution is 5.79. The van der Waals surface area contributed by atoms with Crippen LogP contribution >= 0.6 is 0 Å². The summed E-state index contributed by atoms with van der Waals surface area (Å²) in [6.07, 6.45) is 1.98. The number of aliphatic carboxylic acids is 1. The molecule has 1 N–H and O–H groups in total. The van der Waals surface area contributed by atoms with Gasteiger partial charge in [-0.15, -0.1) is 0 Å². The van der Waals surface area contributed by atoms with Crippen molar-refractivity contribution >= 4 is 5.97 Å². The summed E-state index contributed by atoms with van der Waals surface area (Å²) < 4.78 is 1.89. The summed E-state index contributed by atoms with van der Waals surface area (Å²) in [4.78, 5) is 11.1. The van der Waals surface area contributed by atoms with E-state index in [9.17, 15) is 4.79 Å². The van der Waals surface area contributed by atoms with Crippen LogP contribution in [0.25, 0.3) is 0 Å². The summed E-state index contributed by atoms with van der Waals surface area (Å²) in [6, 6.07) is 1.92. The smallest absolute Gasteiger partial charge is 0.315 e. The normalized spacial score (nSPS) is 11.8. The Morgan fingerprint density at radius 1 is 1.50 bits per heavy atom. The summed E-state index contributed by atoms with van der Waals surface area (Å²) in [5.74, 6) is -0.837. The molecule has 4 nitrogen and oxygen atoms in total. The van der Waals surface area contributed by atoms with Crippen LogP contribution in [0.3, 0.4) is 0 Å². The average molecular weight is 224 g/mol. The van der Waals surface area contributed by atoms with Gasteiger partial charge in [0.25, 0.3) is 0 Å². The van der Waals surface area contributed by atoms with Gasteiger partial charge in [-0.25, -0.2) is 0 Å². The van der Waals surface area contributed by atoms with Gasteiger partial charge in [0.1, 0.15) is 5.41 Å². The molecule has 0 fully saturated rings. The molecule has 0 aliphatic carbocycles. The van der Waals surface area contributed by atoms with Crippen molar-refractivity contribution in [2.24, 2.45) is 0 Å². The van der Waals surface area contributed by atoms with Crippen LogP contribution in [0, 0.1) is 0 Å². The largest absolute Gasteiger partial charge is 0.481 e. The van der Waals surface area contributed by atoms with Gasteiger partial charge in [-0.2, -0.15) is 5.10 Å². The van der Waals surface area contributed by atoms with Gasteiger partial charge in [-0.05, 0) is 33.3 Å². The number of aromatic nitrogens is 2. The van der Waals surface area contributed by atoms with E-state index in [1.807, 2.05) is 17.7 Å². The Balaban J connectivity index is 3.12. The molecule has 0 aromatic carbocycles. The minimum absolute atomic E-state index is 0.644. The molecule has 1 aromatic heterocycles. The second kappa shape index (κ2) is 4.68. The van der Waals surface area contributed by atoms with Gasteiger partial charge in [0.15, 0.2) is 0 Å². The average Bonchev–Trinajstić information content (AvgIpc) is 2.62. The molecule has 0 aliphatic heterocycles. The lowest BCUT2D eigenvalue weighted by atomic mass is 9.89. The Labute approximate surface area is 96.3 Å². The van der Waals surface area contributed by atoms with Crippen LogP contribution in [0.15, 0.2) is 6.07 Å². The standard InChI is InChI=1S/C12H20N2O2/c1-5-7-9-8-10(13-14(9)6-2)12(3,4)11(15)16/h8H,5-7H2,1-4H3,(H,15,16). The lowest BCUT2D eigenvalue weighted by Crippen LogP contribution is -2.29. The van der Waals surface area contributed by atoms with Crippen LogP contribution in [0.4, 0.5) is 0 Å². The summed E-state index contributed by atoms with van der Waals surface area (Å²) in [6.45, 7) is 8.28. The Morgan fingerprint density at radius 2 is 2.12 bits per heavy atom. The molecule has 0 amide bonds. The lowest BCUT2D eigenvalue weighted by Gasteiger charge is -2.15. The Morgan fingerprint density at radius 3 is 2.56 bits per heavy atom. The first-order valence-electron chi connectivity index (χ1n) is 5.74. The molecule has 0 saturated carbocycles. The van der Waals surface area contributed by atoms with Crippen molar-refractivity contribution in [1.82, 2.24) is 9.78 Å². The predicted molar refractivity (Wildman–Crippen MR) is 62.6 cm³/mol. The molecule has 0 bridgehead atoms. The maximum Gasteiger partial charge on any atom is 0.315 e. The summed E-state index contributed by atoms with van der Waals surface area (Å²) in [7, 11) is 0. The van der Waals surface area contributed by atoms with Crippen molar-refractivity contribution in [1.29, 1.82) is 0 Å². The molecule has 0 spiro atoms. The van der Waals surface area contributed by atoms with Crippen LogP contribution in [0.5, 0.6) is 0 Å². The molecule has 16 heavy (non-hydrogen) atoms. The minimum Gasteiger partial charge on any atom is -0.481 e. The fourth-order valence-electron chi connectivity index (χ4n) is 1.60. The van der Waals surface area contributed by atoms with E-state index in [-0.39, 0.29) is 0 Å². The first-order chi connectivity index (χ1) is 7.43. The quantitative estimate of drug-likeness (QED) is 0.834. The van der Waals surface area contributed by atoms with Crippen molar-refractivity contribution in [3.63, 3.8) is 0 Å². The Hall–Kier alpha value is -1.32. The van der Waals surface area contributed by atoms with Gasteiger partial charge < -0.3 is 5.11 Å². The number of aryl methyl sites for hydroxylation is 2. The zero-order valence-corrected chi connectivity index (χ0v) is 10.4. The monoisotopic (exact) mass is 224 g/mol. The molecule has 0 unspecified atom stereocenters. The zero-order chi connectivity index (χ0) is 12.3. The second-order valence-corrected chi connectivity index (χ2v) is 4.52. The number of carboxylic acids is 1. The Kier molecular flexibility index (Phi) is 3.73. The van der Waals surface area contributed by atoms with Crippen LogP contribution in [0.1, 0.15) is 45.5 Å². The van der Waals surface area contributed by atoms with E-state index < -0.39 is 11.4 Å². The SMILES string of the molecule is CCCc1cc(C(C)(C)C(=O)O)nn1CC. The van der Waals surface area contributed by atoms with E-state index in [1.54, 1.807) is 13.8 Å². The highest BCUT2D eigenvalue weighted by Gasteiger charge is 2.32. The van der Waals surface area contributed by atoms with E-state index >= 15 is 0 Å². The predicted octanol–water partition coefficient (Wildman–Crippen LogP) is 2.22. The Bertz CT molecular complexity index is 380. The van der Waals surface area contributed by atoms with Crippen LogP contribution in [-0.2, 0) is 23.2 Å². The number of rotatable bonds is 5. The van der Waals surface area contributed by atoms with Crippen LogP contribution in [-0.4, -0.2) is 20.9 Å². The molecule has 0 saturated heterocycles. The maximum absolute atomic E-state index is 11.1. The van der Waals surface area contributed by atoms with Gasteiger partial charge in [-0.3, -0.25) is 9.48 Å². The van der Waals surface area contributed by atoms with Gasteiger partial charge in [0.05, 0.1) is 5.69 Å². The highest BCUT2D eigenvalue weighted by Crippen LogP contribution is 2.23. The summed E-state index contributed by atoms with van der Waals surface area (Å²) in [5.41, 5.74) is 0.850. The van der Waals surface area contributed by atoms with Gasteiger partial charge >= 0.3 is 5.97 Å². The number of carbonyl (C=O) groups is 1. The second-order valence-electron chi connectivity index (χ2n) is 4.52. The number of hydrogen-bond acceptors (Lipinski definition) is 2. The number of hydrogen-bond donors (Lipinski definition) is 1.